The molecule has 0 saturated heterocycles. The summed E-state index contributed by atoms with van der Waals surface area (Å²) < 4.78 is 27.7. The van der Waals surface area contributed by atoms with Crippen LogP contribution in [0.15, 0.2) is 24.3 Å². The van der Waals surface area contributed by atoms with Crippen molar-refractivity contribution in [2.75, 3.05) is 12.8 Å². The van der Waals surface area contributed by atoms with E-state index >= 15 is 0 Å². The average Bonchev–Trinajstić information content (AvgIpc) is 3.04. The van der Waals surface area contributed by atoms with Crippen molar-refractivity contribution in [3.05, 3.63) is 29.8 Å². The minimum absolute atomic E-state index is 0.121. The van der Waals surface area contributed by atoms with Crippen LogP contribution in [0.5, 0.6) is 0 Å². The lowest BCUT2D eigenvalue weighted by atomic mass is 10.2. The maximum absolute atomic E-state index is 11.9. The van der Waals surface area contributed by atoms with Crippen LogP contribution < -0.4 is 10.5 Å². The van der Waals surface area contributed by atoms with Crippen LogP contribution in [0.1, 0.15) is 18.4 Å². The molecule has 1 aromatic rings. The first-order valence-corrected chi connectivity index (χ1v) is 7.00. The van der Waals surface area contributed by atoms with Crippen molar-refractivity contribution >= 4 is 15.9 Å². The second-order valence-electron chi connectivity index (χ2n) is 4.35. The predicted molar refractivity (Wildman–Crippen MR) is 67.4 cm³/mol. The van der Waals surface area contributed by atoms with E-state index in [1.165, 1.54) is 4.31 Å². The lowest BCUT2D eigenvalue weighted by molar-refractivity contribution is 0.455. The monoisotopic (exact) mass is 255 g/mol. The van der Waals surface area contributed by atoms with Gasteiger partial charge in [-0.05, 0) is 24.5 Å². The van der Waals surface area contributed by atoms with E-state index in [1.807, 2.05) is 18.2 Å². The summed E-state index contributed by atoms with van der Waals surface area (Å²) in [5, 5.41) is 0. The molecule has 2 rings (SSSR count). The van der Waals surface area contributed by atoms with Gasteiger partial charge in [-0.2, -0.15) is 17.4 Å². The molecule has 0 heterocycles. The summed E-state index contributed by atoms with van der Waals surface area (Å²) in [4.78, 5) is 0. The molecule has 0 unspecified atom stereocenters. The van der Waals surface area contributed by atoms with Gasteiger partial charge in [-0.15, -0.1) is 0 Å². The Balaban J connectivity index is 2.05. The van der Waals surface area contributed by atoms with Gasteiger partial charge in [-0.3, -0.25) is 0 Å². The minimum atomic E-state index is -3.38. The molecule has 94 valence electrons. The Morgan fingerprint density at radius 1 is 1.41 bits per heavy atom. The SMILES string of the molecule is CN(Cc1ccccc1N)S(=O)(=O)NC1CC1. The van der Waals surface area contributed by atoms with Crippen LogP contribution in [0, 0.1) is 0 Å². The summed E-state index contributed by atoms with van der Waals surface area (Å²) in [6, 6.07) is 7.40. The van der Waals surface area contributed by atoms with E-state index in [1.54, 1.807) is 13.1 Å². The third-order valence-corrected chi connectivity index (χ3v) is 4.33. The van der Waals surface area contributed by atoms with Crippen molar-refractivity contribution in [1.29, 1.82) is 0 Å². The van der Waals surface area contributed by atoms with Gasteiger partial charge < -0.3 is 5.73 Å². The van der Waals surface area contributed by atoms with Gasteiger partial charge >= 0.3 is 0 Å². The van der Waals surface area contributed by atoms with E-state index in [-0.39, 0.29) is 12.6 Å². The van der Waals surface area contributed by atoms with Crippen LogP contribution in [0.3, 0.4) is 0 Å². The number of para-hydroxylation sites is 1. The molecule has 1 saturated carbocycles. The van der Waals surface area contributed by atoms with Crippen molar-refractivity contribution in [1.82, 2.24) is 9.03 Å². The fourth-order valence-corrected chi connectivity index (χ4v) is 2.65. The van der Waals surface area contributed by atoms with Crippen molar-refractivity contribution < 1.29 is 8.42 Å². The Morgan fingerprint density at radius 3 is 2.65 bits per heavy atom. The summed E-state index contributed by atoms with van der Waals surface area (Å²) in [6.45, 7) is 0.286. The number of hydrogen-bond donors (Lipinski definition) is 2. The van der Waals surface area contributed by atoms with Crippen LogP contribution in [0.2, 0.25) is 0 Å². The zero-order valence-electron chi connectivity index (χ0n) is 9.76. The Morgan fingerprint density at radius 2 is 2.06 bits per heavy atom. The number of nitrogens with zero attached hydrogens (tertiary/aromatic N) is 1. The Labute approximate surface area is 102 Å². The highest BCUT2D eigenvalue weighted by Gasteiger charge is 2.29. The molecule has 1 aliphatic carbocycles. The fraction of sp³-hybridized carbons (Fsp3) is 0.455. The van der Waals surface area contributed by atoms with E-state index < -0.39 is 10.2 Å². The van der Waals surface area contributed by atoms with Gasteiger partial charge in [-0.25, -0.2) is 0 Å². The van der Waals surface area contributed by atoms with Gasteiger partial charge in [0.2, 0.25) is 0 Å². The molecule has 3 N–H and O–H groups in total. The van der Waals surface area contributed by atoms with E-state index in [4.69, 9.17) is 5.73 Å². The first-order valence-electron chi connectivity index (χ1n) is 5.56. The Bertz CT molecular complexity index is 497. The maximum Gasteiger partial charge on any atom is 0.279 e. The highest BCUT2D eigenvalue weighted by molar-refractivity contribution is 7.87. The molecule has 0 atom stereocenters. The van der Waals surface area contributed by atoms with E-state index in [9.17, 15) is 8.42 Å². The van der Waals surface area contributed by atoms with Gasteiger partial charge in [0.15, 0.2) is 0 Å². The molecule has 6 heteroatoms. The predicted octanol–water partition coefficient (Wildman–Crippen LogP) is 0.697. The lowest BCUT2D eigenvalue weighted by Crippen LogP contribution is -2.38. The molecule has 0 aliphatic heterocycles. The number of anilines is 1. The molecule has 17 heavy (non-hydrogen) atoms. The zero-order valence-corrected chi connectivity index (χ0v) is 10.6. The van der Waals surface area contributed by atoms with E-state index in [0.717, 1.165) is 18.4 Å². The van der Waals surface area contributed by atoms with E-state index in [2.05, 4.69) is 4.72 Å². The Kier molecular flexibility index (Phi) is 3.37. The van der Waals surface area contributed by atoms with Crippen molar-refractivity contribution in [3.8, 4) is 0 Å². The smallest absolute Gasteiger partial charge is 0.279 e. The minimum Gasteiger partial charge on any atom is -0.398 e. The number of hydrogen-bond acceptors (Lipinski definition) is 3. The molecular weight excluding hydrogens is 238 g/mol. The number of nitrogen functional groups attached to an aromatic ring is 1. The summed E-state index contributed by atoms with van der Waals surface area (Å²) in [5.74, 6) is 0. The number of rotatable bonds is 5. The van der Waals surface area contributed by atoms with Gasteiger partial charge in [0.25, 0.3) is 10.2 Å². The Hall–Kier alpha value is -1.11. The largest absolute Gasteiger partial charge is 0.398 e. The quantitative estimate of drug-likeness (QED) is 0.760. The molecule has 0 bridgehead atoms. The summed E-state index contributed by atoms with van der Waals surface area (Å²) in [7, 11) is -1.83. The molecule has 1 aliphatic rings. The van der Waals surface area contributed by atoms with Crippen molar-refractivity contribution in [3.63, 3.8) is 0 Å². The first-order chi connectivity index (χ1) is 7.99. The lowest BCUT2D eigenvalue weighted by Gasteiger charge is -2.18. The zero-order chi connectivity index (χ0) is 12.5. The molecule has 1 fully saturated rings. The molecule has 5 nitrogen and oxygen atoms in total. The molecule has 0 spiro atoms. The number of nitrogens with two attached hydrogens (primary N) is 1. The fourth-order valence-electron chi connectivity index (χ4n) is 1.50. The number of benzene rings is 1. The maximum atomic E-state index is 11.9. The summed E-state index contributed by atoms with van der Waals surface area (Å²) in [6.07, 6.45) is 1.86. The van der Waals surface area contributed by atoms with Gasteiger partial charge in [-0.1, -0.05) is 18.2 Å². The third-order valence-electron chi connectivity index (χ3n) is 2.75. The summed E-state index contributed by atoms with van der Waals surface area (Å²) >= 11 is 0. The highest BCUT2D eigenvalue weighted by Crippen LogP contribution is 2.21. The first kappa shape index (κ1) is 12.3. The second kappa shape index (κ2) is 4.64. The molecule has 0 amide bonds. The van der Waals surface area contributed by atoms with Crippen LogP contribution in [-0.4, -0.2) is 25.8 Å². The topological polar surface area (TPSA) is 75.4 Å². The van der Waals surface area contributed by atoms with Gasteiger partial charge in [0, 0.05) is 25.3 Å². The second-order valence-corrected chi connectivity index (χ2v) is 6.16. The van der Waals surface area contributed by atoms with Crippen LogP contribution >= 0.6 is 0 Å². The highest BCUT2D eigenvalue weighted by atomic mass is 32.2. The van der Waals surface area contributed by atoms with Crippen LogP contribution in [0.4, 0.5) is 5.69 Å². The van der Waals surface area contributed by atoms with Crippen LogP contribution in [0.25, 0.3) is 0 Å². The van der Waals surface area contributed by atoms with E-state index in [0.29, 0.717) is 5.69 Å². The molecule has 0 aromatic heterocycles. The van der Waals surface area contributed by atoms with Crippen LogP contribution in [-0.2, 0) is 16.8 Å². The number of nitrogens with one attached hydrogen (secondary N) is 1. The summed E-state index contributed by atoms with van der Waals surface area (Å²) in [5.41, 5.74) is 7.21. The average molecular weight is 255 g/mol. The molecule has 1 aromatic carbocycles. The van der Waals surface area contributed by atoms with Crippen molar-refractivity contribution in [2.45, 2.75) is 25.4 Å². The van der Waals surface area contributed by atoms with Gasteiger partial charge in [0.1, 0.15) is 0 Å². The van der Waals surface area contributed by atoms with Gasteiger partial charge in [0.05, 0.1) is 0 Å². The third kappa shape index (κ3) is 3.18. The standard InChI is InChI=1S/C11H17N3O2S/c1-14(17(15,16)13-10-6-7-10)8-9-4-2-3-5-11(9)12/h2-5,10,13H,6-8,12H2,1H3. The molecule has 0 radical (unpaired) electrons. The molecular formula is C11H17N3O2S. The van der Waals surface area contributed by atoms with Crippen molar-refractivity contribution in [2.24, 2.45) is 0 Å². The normalized spacial score (nSPS) is 16.4.